The van der Waals surface area contributed by atoms with Crippen molar-refractivity contribution in [1.29, 1.82) is 0 Å². The molecule has 2 aromatic carbocycles. The minimum atomic E-state index is -2.59. The molecule has 4 atom stereocenters. The summed E-state index contributed by atoms with van der Waals surface area (Å²) in [5.41, 5.74) is 4.19. The van der Waals surface area contributed by atoms with E-state index in [1.54, 1.807) is 13.8 Å². The Morgan fingerprint density at radius 2 is 1.61 bits per heavy atom. The van der Waals surface area contributed by atoms with E-state index in [0.717, 1.165) is 42.4 Å². The van der Waals surface area contributed by atoms with E-state index >= 15 is 0 Å². The van der Waals surface area contributed by atoms with Gasteiger partial charge in [-0.2, -0.15) is 0 Å². The van der Waals surface area contributed by atoms with Gasteiger partial charge in [0.2, 0.25) is 0 Å². The number of fused-ring (bicyclic) bond motifs is 1. The lowest BCUT2D eigenvalue weighted by Gasteiger charge is -2.50. The van der Waals surface area contributed by atoms with E-state index in [9.17, 15) is 9.90 Å². The van der Waals surface area contributed by atoms with Crippen molar-refractivity contribution in [1.82, 2.24) is 0 Å². The van der Waals surface area contributed by atoms with Gasteiger partial charge in [-0.05, 0) is 85.8 Å². The van der Waals surface area contributed by atoms with Gasteiger partial charge in [-0.15, -0.1) is 0 Å². The number of hydrogen-bond acceptors (Lipinski definition) is 3. The third-order valence-electron chi connectivity index (χ3n) is 11.5. The van der Waals surface area contributed by atoms with Crippen LogP contribution in [-0.4, -0.2) is 37.8 Å². The Morgan fingerprint density at radius 3 is 2.17 bits per heavy atom. The number of hydrogen-bond donors (Lipinski definition) is 1. The predicted molar refractivity (Wildman–Crippen MR) is 195 cm³/mol. The summed E-state index contributed by atoms with van der Waals surface area (Å²) < 4.78 is 5.87. The normalized spacial score (nSPS) is 27.7. The summed E-state index contributed by atoms with van der Waals surface area (Å²) in [5.74, 6) is 1.31. The zero-order chi connectivity index (χ0) is 33.3. The first-order valence-electron chi connectivity index (χ1n) is 17.4. The molecule has 2 aromatic rings. The van der Waals surface area contributed by atoms with Crippen molar-refractivity contribution in [2.75, 3.05) is 13.2 Å². The molecule has 1 N–H and O–H groups in total. The number of Topliss-reactive ketones (excluding diaryl/α,β-unsaturated/α-hetero) is 1. The summed E-state index contributed by atoms with van der Waals surface area (Å²) in [5, 5.41) is 12.7. The van der Waals surface area contributed by atoms with Crippen LogP contribution in [0.15, 0.2) is 108 Å². The van der Waals surface area contributed by atoms with E-state index in [1.165, 1.54) is 28.8 Å². The van der Waals surface area contributed by atoms with E-state index < -0.39 is 13.7 Å². The molecular weight excluding hydrogens is 581 g/mol. The summed E-state index contributed by atoms with van der Waals surface area (Å²) in [4.78, 5) is 14.4. The van der Waals surface area contributed by atoms with Crippen LogP contribution in [0.1, 0.15) is 86.5 Å². The van der Waals surface area contributed by atoms with Crippen molar-refractivity contribution in [2.45, 2.75) is 103 Å². The first-order chi connectivity index (χ1) is 21.7. The second kappa shape index (κ2) is 13.4. The molecule has 3 saturated carbocycles. The Morgan fingerprint density at radius 1 is 1.00 bits per heavy atom. The third-order valence-corrected chi connectivity index (χ3v) is 17.9. The van der Waals surface area contributed by atoms with Crippen molar-refractivity contribution >= 4 is 24.2 Å². The van der Waals surface area contributed by atoms with Crippen LogP contribution < -0.4 is 10.4 Å². The van der Waals surface area contributed by atoms with Gasteiger partial charge in [0.1, 0.15) is 13.9 Å². The van der Waals surface area contributed by atoms with Gasteiger partial charge < -0.3 is 9.84 Å². The van der Waals surface area contributed by atoms with Crippen LogP contribution in [0, 0.1) is 17.3 Å². The lowest BCUT2D eigenvalue weighted by molar-refractivity contribution is -0.118. The lowest BCUT2D eigenvalue weighted by Crippen LogP contribution is -2.68. The summed E-state index contributed by atoms with van der Waals surface area (Å²) in [6.45, 7) is 22.9. The molecule has 0 bridgehead atoms. The molecule has 3 nitrogen and oxygen atoms in total. The maximum atomic E-state index is 14.4. The number of rotatable bonds is 9. The molecule has 4 heteroatoms. The van der Waals surface area contributed by atoms with Crippen LogP contribution in [-0.2, 0) is 9.53 Å². The average molecular weight is 637 g/mol. The second-order valence-electron chi connectivity index (χ2n) is 16.2. The highest BCUT2D eigenvalue weighted by Crippen LogP contribution is 2.59. The van der Waals surface area contributed by atoms with E-state index in [1.807, 2.05) is 0 Å². The first-order valence-corrected chi connectivity index (χ1v) is 19.5. The Balaban J connectivity index is 1.40. The minimum absolute atomic E-state index is 0.0622. The summed E-state index contributed by atoms with van der Waals surface area (Å²) in [7, 11) is -2.59. The van der Waals surface area contributed by atoms with E-state index in [4.69, 9.17) is 4.74 Å². The fourth-order valence-corrected chi connectivity index (χ4v) is 16.0. The largest absolute Gasteiger partial charge is 0.388 e. The number of carbonyl (C=O) groups excluding carboxylic acids is 1. The summed E-state index contributed by atoms with van der Waals surface area (Å²) >= 11 is 0. The second-order valence-corrected chi connectivity index (χ2v) is 21.2. The fraction of sp³-hybridized carbons (Fsp3) is 0.500. The van der Waals surface area contributed by atoms with Crippen molar-refractivity contribution in [3.63, 3.8) is 0 Å². The number of carbonyl (C=O) groups is 1. The van der Waals surface area contributed by atoms with Crippen molar-refractivity contribution < 1.29 is 14.6 Å². The van der Waals surface area contributed by atoms with Crippen LogP contribution >= 0.6 is 0 Å². The molecule has 46 heavy (non-hydrogen) atoms. The molecule has 5 rings (SSSR count). The summed E-state index contributed by atoms with van der Waals surface area (Å²) in [6, 6.07) is 21.7. The van der Waals surface area contributed by atoms with Crippen LogP contribution in [0.5, 0.6) is 0 Å². The molecule has 3 aliphatic carbocycles. The Kier molecular flexibility index (Phi) is 10.0. The zero-order valence-corrected chi connectivity index (χ0v) is 30.2. The Bertz CT molecular complexity index is 1450. The maximum Gasteiger partial charge on any atom is 0.138 e. The standard InChI is InChI=1S/C42H56O3Si/c1-30-26-39(46(40(3,4)5,34-17-11-9-12-18-34)35-19-13-10-14-20-35)38(43)27-33(30)22-21-32-16-15-25-42(8)36(23-24-37(32)42)31(2)28-45-29-41(6,7)44/h9-14,17-22,36-37,39,44H,1-2,15-16,23-29H2,3-8H3/t36-,37+,39?,42-/m1/s1. The maximum absolute atomic E-state index is 14.4. The smallest absolute Gasteiger partial charge is 0.138 e. The number of allylic oxidation sites excluding steroid dienone is 5. The number of aliphatic hydroxyl groups is 1. The molecule has 0 saturated heterocycles. The Labute approximate surface area is 279 Å². The predicted octanol–water partition coefficient (Wildman–Crippen LogP) is 8.75. The van der Waals surface area contributed by atoms with Gasteiger partial charge in [-0.3, -0.25) is 4.79 Å². The molecule has 1 unspecified atom stereocenters. The monoisotopic (exact) mass is 636 g/mol. The minimum Gasteiger partial charge on any atom is -0.388 e. The molecule has 0 amide bonds. The van der Waals surface area contributed by atoms with Gasteiger partial charge in [0.15, 0.2) is 0 Å². The SMILES string of the molecule is C=C1CC([Si](c2ccccc2)(c2ccccc2)C(C)(C)C)C(=O)CC1=CC=C1CCC[C@]2(C)[C@@H](C(=C)COCC(C)(C)O)CC[C@@H]12. The van der Waals surface area contributed by atoms with E-state index in [0.29, 0.717) is 37.3 Å². The third kappa shape index (κ3) is 6.63. The fourth-order valence-electron chi connectivity index (χ4n) is 9.51. The molecule has 0 aliphatic heterocycles. The highest BCUT2D eigenvalue weighted by atomic mass is 28.3. The van der Waals surface area contributed by atoms with Crippen molar-refractivity contribution in [2.24, 2.45) is 17.3 Å². The van der Waals surface area contributed by atoms with E-state index in [-0.39, 0.29) is 16.0 Å². The lowest BCUT2D eigenvalue weighted by atomic mass is 9.62. The van der Waals surface area contributed by atoms with Crippen molar-refractivity contribution in [3.8, 4) is 0 Å². The van der Waals surface area contributed by atoms with Crippen molar-refractivity contribution in [3.05, 3.63) is 108 Å². The first kappa shape index (κ1) is 34.5. The number of ether oxygens (including phenoxy) is 1. The molecule has 3 fully saturated rings. The topological polar surface area (TPSA) is 46.5 Å². The molecular formula is C42H56O3Si. The van der Waals surface area contributed by atoms with Gasteiger partial charge in [-0.1, -0.05) is 135 Å². The molecule has 3 aliphatic rings. The van der Waals surface area contributed by atoms with Crippen LogP contribution in [0.3, 0.4) is 0 Å². The van der Waals surface area contributed by atoms with Gasteiger partial charge >= 0.3 is 0 Å². The van der Waals surface area contributed by atoms with Gasteiger partial charge in [-0.25, -0.2) is 0 Å². The summed E-state index contributed by atoms with van der Waals surface area (Å²) in [6.07, 6.45) is 11.6. The molecule has 0 spiro atoms. The molecule has 246 valence electrons. The van der Waals surface area contributed by atoms with Crippen LogP contribution in [0.25, 0.3) is 0 Å². The highest BCUT2D eigenvalue weighted by molar-refractivity contribution is 7.07. The van der Waals surface area contributed by atoms with Gasteiger partial charge in [0.05, 0.1) is 18.8 Å². The van der Waals surface area contributed by atoms with Gasteiger partial charge in [0.25, 0.3) is 0 Å². The highest BCUT2D eigenvalue weighted by Gasteiger charge is 2.56. The number of ketones is 1. The van der Waals surface area contributed by atoms with Crippen LogP contribution in [0.4, 0.5) is 0 Å². The Hall–Kier alpha value is -2.79. The average Bonchev–Trinajstić information content (AvgIpc) is 3.35. The molecule has 0 aromatic heterocycles. The number of benzene rings is 2. The molecule has 0 heterocycles. The molecule has 0 radical (unpaired) electrons. The van der Waals surface area contributed by atoms with Crippen LogP contribution in [0.2, 0.25) is 10.6 Å². The zero-order valence-electron chi connectivity index (χ0n) is 29.2. The quantitative estimate of drug-likeness (QED) is 0.221. The van der Waals surface area contributed by atoms with Gasteiger partial charge in [0, 0.05) is 12.0 Å². The van der Waals surface area contributed by atoms with E-state index in [2.05, 4.69) is 114 Å².